The van der Waals surface area contributed by atoms with E-state index >= 15 is 0 Å². The first-order chi connectivity index (χ1) is 15.3. The van der Waals surface area contributed by atoms with E-state index in [-0.39, 0.29) is 31.4 Å². The molecule has 2 N–H and O–H groups in total. The van der Waals surface area contributed by atoms with E-state index in [0.29, 0.717) is 13.0 Å². The SMILES string of the molecule is CC1(C)CN(C(=O)CCCNC(=O)OCC2c3ccccc3-c3ccccc32)C1C(=O)O. The standard InChI is InChI=1S/C25H28N2O5/c1-25(2)15-27(22(25)23(29)30)21(28)12-7-13-26-24(31)32-14-20-18-10-5-3-8-16(18)17-9-4-6-11-19(17)20/h3-6,8-11,20,22H,7,12-15H2,1-2H3,(H,26,31)(H,29,30). The number of likely N-dealkylation sites (tertiary alicyclic amines) is 1. The quantitative estimate of drug-likeness (QED) is 0.646. The van der Waals surface area contributed by atoms with Crippen molar-refractivity contribution in [2.24, 2.45) is 5.41 Å². The minimum atomic E-state index is -0.980. The van der Waals surface area contributed by atoms with Crippen LogP contribution in [0.3, 0.4) is 0 Å². The van der Waals surface area contributed by atoms with Crippen molar-refractivity contribution in [1.29, 1.82) is 0 Å². The number of fused-ring (bicyclic) bond motifs is 3. The molecule has 168 valence electrons. The van der Waals surface area contributed by atoms with Crippen molar-refractivity contribution in [2.45, 2.75) is 38.6 Å². The molecule has 0 bridgehead atoms. The molecule has 1 saturated heterocycles. The summed E-state index contributed by atoms with van der Waals surface area (Å²) in [6.07, 6.45) is 0.0864. The Hall–Kier alpha value is -3.35. The number of aliphatic carboxylic acids is 1. The van der Waals surface area contributed by atoms with Gasteiger partial charge in [0.25, 0.3) is 0 Å². The highest BCUT2D eigenvalue weighted by molar-refractivity contribution is 5.86. The van der Waals surface area contributed by atoms with Gasteiger partial charge in [-0.15, -0.1) is 0 Å². The van der Waals surface area contributed by atoms with Crippen molar-refractivity contribution < 1.29 is 24.2 Å². The lowest BCUT2D eigenvalue weighted by atomic mass is 9.74. The Morgan fingerprint density at radius 1 is 1.06 bits per heavy atom. The van der Waals surface area contributed by atoms with E-state index in [0.717, 1.165) is 11.1 Å². The van der Waals surface area contributed by atoms with Crippen LogP contribution in [-0.4, -0.2) is 53.7 Å². The van der Waals surface area contributed by atoms with Crippen LogP contribution in [0.2, 0.25) is 0 Å². The molecule has 2 aromatic carbocycles. The number of amides is 2. The lowest BCUT2D eigenvalue weighted by Crippen LogP contribution is -2.67. The summed E-state index contributed by atoms with van der Waals surface area (Å²) in [5, 5.41) is 12.0. The molecule has 0 radical (unpaired) electrons. The fourth-order valence-corrected chi connectivity index (χ4v) is 4.85. The molecule has 2 aromatic rings. The zero-order valence-corrected chi connectivity index (χ0v) is 18.3. The van der Waals surface area contributed by atoms with Crippen LogP contribution in [0.25, 0.3) is 11.1 Å². The molecule has 1 aliphatic heterocycles. The number of carbonyl (C=O) groups is 3. The molecule has 1 fully saturated rings. The molecule has 1 aliphatic carbocycles. The normalized spacial score (nSPS) is 18.3. The molecular formula is C25H28N2O5. The Kier molecular flexibility index (Phi) is 5.91. The summed E-state index contributed by atoms with van der Waals surface area (Å²) in [5.74, 6) is -1.19. The molecule has 2 amide bonds. The highest BCUT2D eigenvalue weighted by Gasteiger charge is 2.52. The third-order valence-corrected chi connectivity index (χ3v) is 6.36. The molecule has 4 rings (SSSR count). The van der Waals surface area contributed by atoms with Gasteiger partial charge in [0.05, 0.1) is 0 Å². The van der Waals surface area contributed by atoms with Crippen molar-refractivity contribution in [3.05, 3.63) is 59.7 Å². The first kappa shape index (κ1) is 21.9. The Morgan fingerprint density at radius 2 is 1.66 bits per heavy atom. The van der Waals surface area contributed by atoms with E-state index < -0.39 is 23.5 Å². The van der Waals surface area contributed by atoms with Gasteiger partial charge < -0.3 is 20.1 Å². The summed E-state index contributed by atoms with van der Waals surface area (Å²) in [6, 6.07) is 15.5. The van der Waals surface area contributed by atoms with E-state index in [4.69, 9.17) is 4.74 Å². The maximum Gasteiger partial charge on any atom is 0.407 e. The van der Waals surface area contributed by atoms with Crippen molar-refractivity contribution in [3.63, 3.8) is 0 Å². The fraction of sp³-hybridized carbons (Fsp3) is 0.400. The second kappa shape index (κ2) is 8.65. The first-order valence-electron chi connectivity index (χ1n) is 10.9. The van der Waals surface area contributed by atoms with Gasteiger partial charge in [-0.05, 0) is 28.7 Å². The predicted molar refractivity (Wildman–Crippen MR) is 119 cm³/mol. The summed E-state index contributed by atoms with van der Waals surface area (Å²) < 4.78 is 5.48. The zero-order chi connectivity index (χ0) is 22.9. The van der Waals surface area contributed by atoms with Crippen molar-refractivity contribution in [1.82, 2.24) is 10.2 Å². The summed E-state index contributed by atoms with van der Waals surface area (Å²) >= 11 is 0. The summed E-state index contributed by atoms with van der Waals surface area (Å²) in [6.45, 7) is 4.64. The molecule has 2 aliphatic rings. The number of carboxylic acid groups (broad SMARTS) is 1. The Morgan fingerprint density at radius 3 is 2.22 bits per heavy atom. The van der Waals surface area contributed by atoms with Crippen molar-refractivity contribution >= 4 is 18.0 Å². The molecule has 1 unspecified atom stereocenters. The monoisotopic (exact) mass is 436 g/mol. The minimum absolute atomic E-state index is 0.00236. The number of carboxylic acids is 1. The van der Waals surface area contributed by atoms with E-state index in [9.17, 15) is 19.5 Å². The lowest BCUT2D eigenvalue weighted by Gasteiger charge is -2.51. The van der Waals surface area contributed by atoms with Crippen molar-refractivity contribution in [3.8, 4) is 11.1 Å². The average molecular weight is 437 g/mol. The molecule has 32 heavy (non-hydrogen) atoms. The zero-order valence-electron chi connectivity index (χ0n) is 18.3. The van der Waals surface area contributed by atoms with Crippen LogP contribution in [0.5, 0.6) is 0 Å². The van der Waals surface area contributed by atoms with Gasteiger partial charge in [-0.3, -0.25) is 4.79 Å². The number of ether oxygens (including phenoxy) is 1. The van der Waals surface area contributed by atoms with Crippen molar-refractivity contribution in [2.75, 3.05) is 19.7 Å². The number of hydrogen-bond donors (Lipinski definition) is 2. The lowest BCUT2D eigenvalue weighted by molar-refractivity contribution is -0.171. The molecule has 1 atom stereocenters. The van der Waals surface area contributed by atoms with Crippen LogP contribution in [-0.2, 0) is 14.3 Å². The predicted octanol–water partition coefficient (Wildman–Crippen LogP) is 3.63. The molecule has 7 nitrogen and oxygen atoms in total. The summed E-state index contributed by atoms with van der Waals surface area (Å²) in [5.41, 5.74) is 4.23. The van der Waals surface area contributed by atoms with Crippen LogP contribution < -0.4 is 5.32 Å². The fourth-order valence-electron chi connectivity index (χ4n) is 4.85. The highest BCUT2D eigenvalue weighted by atomic mass is 16.5. The van der Waals surface area contributed by atoms with Gasteiger partial charge in [-0.25, -0.2) is 9.59 Å². The smallest absolute Gasteiger partial charge is 0.407 e. The second-order valence-corrected chi connectivity index (χ2v) is 9.11. The maximum absolute atomic E-state index is 12.3. The topological polar surface area (TPSA) is 95.9 Å². The van der Waals surface area contributed by atoms with Crippen LogP contribution in [0, 0.1) is 5.41 Å². The highest BCUT2D eigenvalue weighted by Crippen LogP contribution is 2.44. The van der Waals surface area contributed by atoms with Gasteiger partial charge in [0.1, 0.15) is 12.6 Å². The van der Waals surface area contributed by atoms with E-state index in [1.54, 1.807) is 0 Å². The van der Waals surface area contributed by atoms with Gasteiger partial charge in [-0.1, -0.05) is 62.4 Å². The van der Waals surface area contributed by atoms with Gasteiger partial charge in [0.15, 0.2) is 0 Å². The van der Waals surface area contributed by atoms with Gasteiger partial charge in [-0.2, -0.15) is 0 Å². The first-order valence-corrected chi connectivity index (χ1v) is 10.9. The summed E-state index contributed by atoms with van der Waals surface area (Å²) in [7, 11) is 0. The Balaban J connectivity index is 1.23. The van der Waals surface area contributed by atoms with E-state index in [1.165, 1.54) is 16.0 Å². The number of hydrogen-bond acceptors (Lipinski definition) is 4. The molecule has 1 heterocycles. The Labute approximate surface area is 187 Å². The second-order valence-electron chi connectivity index (χ2n) is 9.11. The molecular weight excluding hydrogens is 408 g/mol. The maximum atomic E-state index is 12.3. The molecule has 0 aromatic heterocycles. The van der Waals surface area contributed by atoms with Crippen LogP contribution in [0.4, 0.5) is 4.79 Å². The summed E-state index contributed by atoms with van der Waals surface area (Å²) in [4.78, 5) is 37.3. The number of nitrogens with zero attached hydrogens (tertiary/aromatic N) is 1. The Bertz CT molecular complexity index is 1000. The van der Waals surface area contributed by atoms with Crippen LogP contribution >= 0.6 is 0 Å². The van der Waals surface area contributed by atoms with Crippen LogP contribution in [0.1, 0.15) is 43.7 Å². The third kappa shape index (κ3) is 4.07. The average Bonchev–Trinajstić information content (AvgIpc) is 3.07. The third-order valence-electron chi connectivity index (χ3n) is 6.36. The van der Waals surface area contributed by atoms with Crippen LogP contribution in [0.15, 0.2) is 48.5 Å². The number of nitrogens with one attached hydrogen (secondary N) is 1. The van der Waals surface area contributed by atoms with Gasteiger partial charge in [0, 0.05) is 30.8 Å². The van der Waals surface area contributed by atoms with Gasteiger partial charge in [0.2, 0.25) is 5.91 Å². The largest absolute Gasteiger partial charge is 0.480 e. The molecule has 0 saturated carbocycles. The number of benzene rings is 2. The van der Waals surface area contributed by atoms with E-state index in [2.05, 4.69) is 29.6 Å². The molecule has 0 spiro atoms. The van der Waals surface area contributed by atoms with Gasteiger partial charge >= 0.3 is 12.1 Å². The molecule has 7 heteroatoms. The van der Waals surface area contributed by atoms with E-state index in [1.807, 2.05) is 38.1 Å². The number of rotatable bonds is 7. The minimum Gasteiger partial charge on any atom is -0.480 e. The number of carbonyl (C=O) groups excluding carboxylic acids is 2. The number of alkyl carbamates (subject to hydrolysis) is 1.